The molecule has 0 radical (unpaired) electrons. The third-order valence-electron chi connectivity index (χ3n) is 4.47. The average Bonchev–Trinajstić information content (AvgIpc) is 2.90. The van der Waals surface area contributed by atoms with Gasteiger partial charge in [0.05, 0.1) is 19.9 Å². The van der Waals surface area contributed by atoms with Crippen molar-refractivity contribution in [2.24, 2.45) is 5.10 Å². The molecule has 4 nitrogen and oxygen atoms in total. The first-order valence-electron chi connectivity index (χ1n) is 8.60. The Balaban J connectivity index is 1.83. The van der Waals surface area contributed by atoms with E-state index in [2.05, 4.69) is 60.1 Å². The lowest BCUT2D eigenvalue weighted by Crippen LogP contribution is -2.07. The van der Waals surface area contributed by atoms with E-state index in [1.54, 1.807) is 7.11 Å². The van der Waals surface area contributed by atoms with Crippen LogP contribution in [0.1, 0.15) is 36.7 Å². The normalized spacial score (nSPS) is 11.6. The minimum Gasteiger partial charge on any atom is -0.496 e. The Bertz CT molecular complexity index is 893. The molecule has 1 aromatic heterocycles. The zero-order valence-electron chi connectivity index (χ0n) is 15.3. The number of methoxy groups -OCH3 is 1. The van der Waals surface area contributed by atoms with Crippen molar-refractivity contribution in [2.75, 3.05) is 7.11 Å². The van der Waals surface area contributed by atoms with Crippen molar-refractivity contribution in [3.05, 3.63) is 65.4 Å². The maximum atomic E-state index is 5.37. The minimum atomic E-state index is 0.411. The van der Waals surface area contributed by atoms with E-state index >= 15 is 0 Å². The number of benzene rings is 2. The Morgan fingerprint density at radius 1 is 1.12 bits per heavy atom. The van der Waals surface area contributed by atoms with Gasteiger partial charge in [-0.25, -0.2) is 0 Å². The maximum Gasteiger partial charge on any atom is 0.123 e. The van der Waals surface area contributed by atoms with Crippen LogP contribution in [0.25, 0.3) is 10.9 Å². The second-order valence-corrected chi connectivity index (χ2v) is 6.38. The van der Waals surface area contributed by atoms with Gasteiger partial charge in [0, 0.05) is 33.8 Å². The number of rotatable bonds is 6. The van der Waals surface area contributed by atoms with Crippen molar-refractivity contribution >= 4 is 17.1 Å². The van der Waals surface area contributed by atoms with Crippen LogP contribution in [-0.4, -0.2) is 17.9 Å². The van der Waals surface area contributed by atoms with Crippen molar-refractivity contribution in [3.8, 4) is 5.75 Å². The van der Waals surface area contributed by atoms with Gasteiger partial charge in [0.2, 0.25) is 0 Å². The Morgan fingerprint density at radius 3 is 2.60 bits per heavy atom. The predicted octanol–water partition coefficient (Wildman–Crippen LogP) is 4.66. The first-order chi connectivity index (χ1) is 12.1. The highest BCUT2D eigenvalue weighted by atomic mass is 16.5. The SMILES string of the molecule is COc1ccccc1CN/N=C/c1c(C)n(C(C)C)c2ccccc12. The van der Waals surface area contributed by atoms with Gasteiger partial charge in [-0.3, -0.25) is 0 Å². The van der Waals surface area contributed by atoms with Gasteiger partial charge in [0.1, 0.15) is 5.75 Å². The Labute approximate surface area is 149 Å². The molecule has 0 unspecified atom stereocenters. The van der Waals surface area contributed by atoms with Gasteiger partial charge >= 0.3 is 0 Å². The van der Waals surface area contributed by atoms with Gasteiger partial charge in [0.25, 0.3) is 0 Å². The summed E-state index contributed by atoms with van der Waals surface area (Å²) < 4.78 is 7.73. The maximum absolute atomic E-state index is 5.37. The van der Waals surface area contributed by atoms with Crippen LogP contribution in [0.3, 0.4) is 0 Å². The molecule has 0 saturated heterocycles. The summed E-state index contributed by atoms with van der Waals surface area (Å²) in [7, 11) is 1.69. The van der Waals surface area contributed by atoms with E-state index in [9.17, 15) is 0 Å². The van der Waals surface area contributed by atoms with Crippen LogP contribution in [0, 0.1) is 6.92 Å². The molecule has 0 aliphatic rings. The molecule has 25 heavy (non-hydrogen) atoms. The van der Waals surface area contributed by atoms with Crippen LogP contribution in [0.5, 0.6) is 5.75 Å². The average molecular weight is 335 g/mol. The monoisotopic (exact) mass is 335 g/mol. The fourth-order valence-electron chi connectivity index (χ4n) is 3.34. The summed E-state index contributed by atoms with van der Waals surface area (Å²) in [4.78, 5) is 0. The fraction of sp³-hybridized carbons (Fsp3) is 0.286. The Kier molecular flexibility index (Phi) is 5.08. The summed E-state index contributed by atoms with van der Waals surface area (Å²) in [6, 6.07) is 16.9. The number of hydrazone groups is 1. The molecule has 0 aliphatic heterocycles. The molecule has 0 atom stereocenters. The standard InChI is InChI=1S/C21H25N3O/c1-15(2)24-16(3)19(18-10-6-7-11-20(18)24)14-23-22-13-17-9-5-8-12-21(17)25-4/h5-12,14-15,22H,13H2,1-4H3/b23-14+. The van der Waals surface area contributed by atoms with Crippen molar-refractivity contribution in [2.45, 2.75) is 33.4 Å². The molecular weight excluding hydrogens is 310 g/mol. The van der Waals surface area contributed by atoms with Crippen LogP contribution in [0.2, 0.25) is 0 Å². The molecule has 1 N–H and O–H groups in total. The number of aromatic nitrogens is 1. The lowest BCUT2D eigenvalue weighted by molar-refractivity contribution is 0.408. The number of fused-ring (bicyclic) bond motifs is 1. The van der Waals surface area contributed by atoms with Crippen LogP contribution in [-0.2, 0) is 6.54 Å². The minimum absolute atomic E-state index is 0.411. The van der Waals surface area contributed by atoms with E-state index in [0.29, 0.717) is 12.6 Å². The molecule has 4 heteroatoms. The number of para-hydroxylation sites is 2. The number of hydrogen-bond donors (Lipinski definition) is 1. The van der Waals surface area contributed by atoms with Gasteiger partial charge in [-0.15, -0.1) is 0 Å². The second kappa shape index (κ2) is 7.43. The molecule has 0 bridgehead atoms. The number of hydrogen-bond acceptors (Lipinski definition) is 3. The third kappa shape index (κ3) is 3.38. The topological polar surface area (TPSA) is 38.5 Å². The lowest BCUT2D eigenvalue weighted by atomic mass is 10.1. The smallest absolute Gasteiger partial charge is 0.123 e. The van der Waals surface area contributed by atoms with Gasteiger partial charge in [-0.05, 0) is 32.9 Å². The summed E-state index contributed by atoms with van der Waals surface area (Å²) in [5.74, 6) is 0.873. The van der Waals surface area contributed by atoms with Crippen molar-refractivity contribution in [1.82, 2.24) is 9.99 Å². The lowest BCUT2D eigenvalue weighted by Gasteiger charge is -2.12. The van der Waals surface area contributed by atoms with Gasteiger partial charge < -0.3 is 14.7 Å². The molecular formula is C21H25N3O. The highest BCUT2D eigenvalue weighted by Gasteiger charge is 2.13. The zero-order chi connectivity index (χ0) is 17.8. The van der Waals surface area contributed by atoms with Crippen molar-refractivity contribution in [1.29, 1.82) is 0 Å². The van der Waals surface area contributed by atoms with E-state index in [1.165, 1.54) is 16.6 Å². The van der Waals surface area contributed by atoms with Crippen molar-refractivity contribution < 1.29 is 4.74 Å². The van der Waals surface area contributed by atoms with E-state index < -0.39 is 0 Å². The molecule has 3 aromatic rings. The molecule has 0 fully saturated rings. The van der Waals surface area contributed by atoms with E-state index in [0.717, 1.165) is 16.9 Å². The van der Waals surface area contributed by atoms with Crippen LogP contribution in [0.15, 0.2) is 53.6 Å². The van der Waals surface area contributed by atoms with E-state index in [-0.39, 0.29) is 0 Å². The molecule has 1 heterocycles. The first-order valence-corrected chi connectivity index (χ1v) is 8.60. The number of ether oxygens (including phenoxy) is 1. The molecule has 3 rings (SSSR count). The predicted molar refractivity (Wildman–Crippen MR) is 104 cm³/mol. The molecule has 0 saturated carbocycles. The van der Waals surface area contributed by atoms with Gasteiger partial charge in [-0.1, -0.05) is 36.4 Å². The summed E-state index contributed by atoms with van der Waals surface area (Å²) in [5.41, 5.74) is 7.87. The second-order valence-electron chi connectivity index (χ2n) is 6.38. The quantitative estimate of drug-likeness (QED) is 0.525. The summed E-state index contributed by atoms with van der Waals surface area (Å²) in [6.07, 6.45) is 1.92. The van der Waals surface area contributed by atoms with Crippen LogP contribution < -0.4 is 10.2 Å². The Morgan fingerprint density at radius 2 is 1.84 bits per heavy atom. The van der Waals surface area contributed by atoms with Crippen LogP contribution >= 0.6 is 0 Å². The first kappa shape index (κ1) is 17.1. The zero-order valence-corrected chi connectivity index (χ0v) is 15.3. The summed E-state index contributed by atoms with van der Waals surface area (Å²) in [5, 5.41) is 5.68. The van der Waals surface area contributed by atoms with Crippen molar-refractivity contribution in [3.63, 3.8) is 0 Å². The van der Waals surface area contributed by atoms with Crippen LogP contribution in [0.4, 0.5) is 0 Å². The molecule has 0 aliphatic carbocycles. The summed E-state index contributed by atoms with van der Waals surface area (Å²) in [6.45, 7) is 7.20. The number of nitrogens with zero attached hydrogens (tertiary/aromatic N) is 2. The highest BCUT2D eigenvalue weighted by molar-refractivity contribution is 6.01. The van der Waals surface area contributed by atoms with Gasteiger partial charge in [0.15, 0.2) is 0 Å². The largest absolute Gasteiger partial charge is 0.496 e. The third-order valence-corrected chi connectivity index (χ3v) is 4.47. The fourth-order valence-corrected chi connectivity index (χ4v) is 3.34. The number of nitrogens with one attached hydrogen (secondary N) is 1. The highest BCUT2D eigenvalue weighted by Crippen LogP contribution is 2.27. The molecule has 0 amide bonds. The molecule has 2 aromatic carbocycles. The van der Waals surface area contributed by atoms with E-state index in [1.807, 2.05) is 30.5 Å². The Hall–Kier alpha value is -2.75. The molecule has 130 valence electrons. The van der Waals surface area contributed by atoms with E-state index in [4.69, 9.17) is 4.74 Å². The molecule has 0 spiro atoms. The summed E-state index contributed by atoms with van der Waals surface area (Å²) >= 11 is 0. The van der Waals surface area contributed by atoms with Gasteiger partial charge in [-0.2, -0.15) is 5.10 Å².